The van der Waals surface area contributed by atoms with Gasteiger partial charge in [0.15, 0.2) is 0 Å². The summed E-state index contributed by atoms with van der Waals surface area (Å²) in [5.41, 5.74) is 10.9. The summed E-state index contributed by atoms with van der Waals surface area (Å²) in [5.74, 6) is 0.320. The first kappa shape index (κ1) is 35.6. The Balaban J connectivity index is 1.27. The molecule has 4 aromatic rings. The van der Waals surface area contributed by atoms with E-state index in [1.54, 1.807) is 16.9 Å². The van der Waals surface area contributed by atoms with Gasteiger partial charge in [0.2, 0.25) is 11.8 Å². The summed E-state index contributed by atoms with van der Waals surface area (Å²) >= 11 is 0. The van der Waals surface area contributed by atoms with E-state index in [-0.39, 0.29) is 18.4 Å². The maximum Gasteiger partial charge on any atom is 0.321 e. The molecule has 3 amide bonds. The molecule has 1 aliphatic rings. The molecule has 0 aliphatic carbocycles. The zero-order valence-electron chi connectivity index (χ0n) is 29.0. The van der Waals surface area contributed by atoms with Gasteiger partial charge in [0.25, 0.3) is 0 Å². The Labute approximate surface area is 290 Å². The fourth-order valence-corrected chi connectivity index (χ4v) is 6.54. The van der Waals surface area contributed by atoms with Crippen LogP contribution in [0.4, 0.5) is 4.79 Å². The lowest BCUT2D eigenvalue weighted by Crippen LogP contribution is -2.57. The number of urea groups is 1. The number of carbonyl (C=O) groups is 2. The van der Waals surface area contributed by atoms with E-state index in [0.29, 0.717) is 38.4 Å². The van der Waals surface area contributed by atoms with Crippen LogP contribution in [-0.4, -0.2) is 76.3 Å². The van der Waals surface area contributed by atoms with E-state index in [9.17, 15) is 14.7 Å². The van der Waals surface area contributed by atoms with Crippen LogP contribution in [-0.2, 0) is 24.2 Å². The molecule has 49 heavy (non-hydrogen) atoms. The highest BCUT2D eigenvalue weighted by atomic mass is 16.5. The van der Waals surface area contributed by atoms with Crippen molar-refractivity contribution in [3.05, 3.63) is 120 Å². The number of amides is 3. The van der Waals surface area contributed by atoms with Gasteiger partial charge >= 0.3 is 6.03 Å². The number of benzene rings is 3. The minimum absolute atomic E-state index is 0.145. The number of nitrogens with zero attached hydrogens (tertiary/aromatic N) is 3. The van der Waals surface area contributed by atoms with Crippen LogP contribution in [0, 0.1) is 5.41 Å². The molecule has 4 N–H and O–H groups in total. The molecule has 1 unspecified atom stereocenters. The van der Waals surface area contributed by atoms with Crippen molar-refractivity contribution in [3.63, 3.8) is 0 Å². The monoisotopic (exact) mass is 663 g/mol. The molecule has 4 atom stereocenters. The number of ether oxygens (including phenoxy) is 1. The zero-order chi connectivity index (χ0) is 35.0. The first-order valence-electron chi connectivity index (χ1n) is 17.0. The van der Waals surface area contributed by atoms with Crippen LogP contribution in [0.1, 0.15) is 43.9 Å². The highest BCUT2D eigenvalue weighted by molar-refractivity contribution is 5.89. The number of methoxy groups -OCH3 is 1. The molecule has 5 rings (SSSR count). The van der Waals surface area contributed by atoms with Gasteiger partial charge in [0.1, 0.15) is 6.04 Å². The lowest BCUT2D eigenvalue weighted by atomic mass is 9.84. The summed E-state index contributed by atoms with van der Waals surface area (Å²) in [5, 5.41) is 14.6. The molecular weight excluding hydrogens is 614 g/mol. The van der Waals surface area contributed by atoms with Crippen molar-refractivity contribution >= 4 is 11.9 Å². The molecule has 1 saturated heterocycles. The highest BCUT2D eigenvalue weighted by Gasteiger charge is 2.44. The van der Waals surface area contributed by atoms with Crippen LogP contribution < -0.4 is 15.8 Å². The molecule has 0 spiro atoms. The van der Waals surface area contributed by atoms with E-state index in [1.807, 2.05) is 124 Å². The highest BCUT2D eigenvalue weighted by Crippen LogP contribution is 2.29. The molecule has 1 fully saturated rings. The third kappa shape index (κ3) is 9.46. The number of hydrogen-bond donors (Lipinski definition) is 3. The number of aliphatic hydroxyl groups excluding tert-OH is 1. The first-order valence-corrected chi connectivity index (χ1v) is 17.0. The second-order valence-electron chi connectivity index (χ2n) is 14.0. The minimum atomic E-state index is -0.878. The quantitative estimate of drug-likeness (QED) is 0.165. The molecule has 3 aromatic carbocycles. The number of nitrogens with two attached hydrogens (primary N) is 1. The Bertz CT molecular complexity index is 1660. The zero-order valence-corrected chi connectivity index (χ0v) is 29.0. The SMILES string of the molecule is COc1cccc(-c2ccc(C[C@H](N)[C@@H](O)C[C@H](Cc3ccccc3)NC(=O)C(N3CCN(Cc4ccccc4)C3=O)C(C)(C)C)cc2)n1. The van der Waals surface area contributed by atoms with Crippen LogP contribution in [0.5, 0.6) is 5.88 Å². The van der Waals surface area contributed by atoms with Gasteiger partial charge in [-0.25, -0.2) is 9.78 Å². The van der Waals surface area contributed by atoms with Crippen molar-refractivity contribution < 1.29 is 19.4 Å². The fraction of sp³-hybridized carbons (Fsp3) is 0.375. The summed E-state index contributed by atoms with van der Waals surface area (Å²) in [7, 11) is 1.59. The smallest absolute Gasteiger partial charge is 0.321 e. The van der Waals surface area contributed by atoms with Crippen LogP contribution in [0.25, 0.3) is 11.3 Å². The number of aromatic nitrogens is 1. The maximum absolute atomic E-state index is 14.2. The maximum atomic E-state index is 14.2. The summed E-state index contributed by atoms with van der Waals surface area (Å²) < 4.78 is 5.26. The van der Waals surface area contributed by atoms with Gasteiger partial charge in [0.05, 0.1) is 18.9 Å². The molecule has 1 aromatic heterocycles. The first-order chi connectivity index (χ1) is 23.5. The van der Waals surface area contributed by atoms with Crippen molar-refractivity contribution in [2.75, 3.05) is 20.2 Å². The summed E-state index contributed by atoms with van der Waals surface area (Å²) in [4.78, 5) is 35.8. The standard InChI is InChI=1S/C40H49N5O4/c1-40(2,3)37(45-23-22-44(39(45)48)27-30-14-9-6-10-15-30)38(47)42-32(24-28-12-7-5-8-13-28)26-35(46)33(41)25-29-18-20-31(21-19-29)34-16-11-17-36(43-34)49-4/h5-21,32-33,35,37,46H,22-27,41H2,1-4H3,(H,42,47)/t32-,33-,35-,37?/m0/s1. The number of aliphatic hydroxyl groups is 1. The average Bonchev–Trinajstić information content (AvgIpc) is 3.43. The van der Waals surface area contributed by atoms with Gasteiger partial charge in [-0.05, 0) is 47.4 Å². The Kier molecular flexibility index (Phi) is 11.7. The van der Waals surface area contributed by atoms with Gasteiger partial charge < -0.3 is 30.7 Å². The van der Waals surface area contributed by atoms with Crippen molar-refractivity contribution in [2.24, 2.45) is 11.1 Å². The molecule has 0 saturated carbocycles. The van der Waals surface area contributed by atoms with E-state index in [4.69, 9.17) is 10.5 Å². The lowest BCUT2D eigenvalue weighted by molar-refractivity contribution is -0.129. The molecule has 0 bridgehead atoms. The Hall–Kier alpha value is -4.73. The van der Waals surface area contributed by atoms with Gasteiger partial charge in [-0.15, -0.1) is 0 Å². The van der Waals surface area contributed by atoms with Crippen LogP contribution in [0.15, 0.2) is 103 Å². The Morgan fingerprint density at radius 1 is 0.878 bits per heavy atom. The molecule has 2 heterocycles. The van der Waals surface area contributed by atoms with E-state index >= 15 is 0 Å². The molecule has 1 aliphatic heterocycles. The largest absolute Gasteiger partial charge is 0.481 e. The number of hydrogen-bond acceptors (Lipinski definition) is 6. The van der Waals surface area contributed by atoms with Crippen molar-refractivity contribution in [2.45, 2.75) is 70.8 Å². The molecular formula is C40H49N5O4. The summed E-state index contributed by atoms with van der Waals surface area (Å²) in [6, 6.07) is 31.6. The second-order valence-corrected chi connectivity index (χ2v) is 14.0. The molecule has 9 heteroatoms. The van der Waals surface area contributed by atoms with E-state index < -0.39 is 29.6 Å². The number of rotatable bonds is 14. The predicted octanol–water partition coefficient (Wildman–Crippen LogP) is 5.46. The average molecular weight is 664 g/mol. The van der Waals surface area contributed by atoms with E-state index in [0.717, 1.165) is 27.9 Å². The fourth-order valence-electron chi connectivity index (χ4n) is 6.54. The molecule has 0 radical (unpaired) electrons. The Morgan fingerprint density at radius 2 is 1.51 bits per heavy atom. The molecule has 9 nitrogen and oxygen atoms in total. The third-order valence-electron chi connectivity index (χ3n) is 9.07. The Morgan fingerprint density at radius 3 is 2.14 bits per heavy atom. The van der Waals surface area contributed by atoms with E-state index in [1.165, 1.54) is 0 Å². The van der Waals surface area contributed by atoms with Gasteiger partial charge in [0, 0.05) is 43.3 Å². The number of nitrogens with one attached hydrogen (secondary N) is 1. The van der Waals surface area contributed by atoms with Gasteiger partial charge in [-0.1, -0.05) is 112 Å². The number of pyridine rings is 1. The van der Waals surface area contributed by atoms with Crippen molar-refractivity contribution in [3.8, 4) is 17.1 Å². The van der Waals surface area contributed by atoms with Crippen molar-refractivity contribution in [1.82, 2.24) is 20.1 Å². The topological polar surface area (TPSA) is 121 Å². The normalized spacial score (nSPS) is 15.8. The predicted molar refractivity (Wildman–Crippen MR) is 193 cm³/mol. The summed E-state index contributed by atoms with van der Waals surface area (Å²) in [6.45, 7) is 7.46. The van der Waals surface area contributed by atoms with E-state index in [2.05, 4.69) is 10.3 Å². The summed E-state index contributed by atoms with van der Waals surface area (Å²) in [6.07, 6.45) is 0.363. The van der Waals surface area contributed by atoms with Crippen LogP contribution in [0.3, 0.4) is 0 Å². The van der Waals surface area contributed by atoms with Crippen molar-refractivity contribution in [1.29, 1.82) is 0 Å². The minimum Gasteiger partial charge on any atom is -0.481 e. The van der Waals surface area contributed by atoms with Gasteiger partial charge in [-0.3, -0.25) is 4.79 Å². The number of carbonyl (C=O) groups excluding carboxylic acids is 2. The van der Waals surface area contributed by atoms with Crippen LogP contribution >= 0.6 is 0 Å². The van der Waals surface area contributed by atoms with Gasteiger partial charge in [-0.2, -0.15) is 0 Å². The lowest BCUT2D eigenvalue weighted by Gasteiger charge is -2.37. The third-order valence-corrected chi connectivity index (χ3v) is 9.07. The second kappa shape index (κ2) is 16.1. The molecule has 258 valence electrons. The van der Waals surface area contributed by atoms with Crippen LogP contribution in [0.2, 0.25) is 0 Å².